The van der Waals surface area contributed by atoms with E-state index in [4.69, 9.17) is 10.2 Å². The molecule has 0 spiro atoms. The summed E-state index contributed by atoms with van der Waals surface area (Å²) in [6, 6.07) is 10.1. The molecule has 3 rings (SSSR count). The zero-order chi connectivity index (χ0) is 13.2. The van der Waals surface area contributed by atoms with Crippen LogP contribution in [0.3, 0.4) is 0 Å². The summed E-state index contributed by atoms with van der Waals surface area (Å²) in [6.45, 7) is 2.13. The monoisotopic (exact) mass is 253 g/mol. The van der Waals surface area contributed by atoms with E-state index < -0.39 is 0 Å². The van der Waals surface area contributed by atoms with Gasteiger partial charge in [-0.2, -0.15) is 0 Å². The SMILES string of the molecule is CCc1cccc(Nc2c(N)oc3cnccc23)c1. The number of anilines is 3. The molecule has 0 aliphatic carbocycles. The number of rotatable bonds is 3. The van der Waals surface area contributed by atoms with Gasteiger partial charge in [-0.15, -0.1) is 0 Å². The number of nitrogens with two attached hydrogens (primary N) is 1. The fourth-order valence-electron chi connectivity index (χ4n) is 2.11. The van der Waals surface area contributed by atoms with Crippen molar-refractivity contribution in [3.05, 3.63) is 48.3 Å². The van der Waals surface area contributed by atoms with Crippen LogP contribution >= 0.6 is 0 Å². The predicted octanol–water partition coefficient (Wildman–Crippen LogP) is 3.72. The molecule has 4 heteroatoms. The third-order valence-electron chi connectivity index (χ3n) is 3.12. The highest BCUT2D eigenvalue weighted by Crippen LogP contribution is 2.34. The summed E-state index contributed by atoms with van der Waals surface area (Å²) in [5, 5.41) is 4.26. The highest BCUT2D eigenvalue weighted by molar-refractivity contribution is 5.97. The van der Waals surface area contributed by atoms with Crippen molar-refractivity contribution < 1.29 is 4.42 Å². The van der Waals surface area contributed by atoms with Crippen molar-refractivity contribution in [2.24, 2.45) is 0 Å². The van der Waals surface area contributed by atoms with Gasteiger partial charge in [0.05, 0.1) is 6.20 Å². The van der Waals surface area contributed by atoms with Gasteiger partial charge in [0.1, 0.15) is 5.69 Å². The van der Waals surface area contributed by atoms with Gasteiger partial charge in [0, 0.05) is 17.3 Å². The number of nitrogen functional groups attached to an aromatic ring is 1. The van der Waals surface area contributed by atoms with Gasteiger partial charge in [0.25, 0.3) is 0 Å². The standard InChI is InChI=1S/C15H15N3O/c1-2-10-4-3-5-11(8-10)18-14-12-6-7-17-9-13(12)19-15(14)16/h3-9,18H,2,16H2,1H3. The average molecular weight is 253 g/mol. The molecule has 0 aliphatic heterocycles. The summed E-state index contributed by atoms with van der Waals surface area (Å²) in [7, 11) is 0. The maximum Gasteiger partial charge on any atom is 0.215 e. The van der Waals surface area contributed by atoms with Crippen molar-refractivity contribution >= 4 is 28.2 Å². The van der Waals surface area contributed by atoms with Gasteiger partial charge >= 0.3 is 0 Å². The lowest BCUT2D eigenvalue weighted by molar-refractivity contribution is 0.636. The minimum atomic E-state index is 0.380. The van der Waals surface area contributed by atoms with E-state index >= 15 is 0 Å². The molecule has 1 aromatic carbocycles. The molecule has 0 saturated heterocycles. The molecule has 19 heavy (non-hydrogen) atoms. The van der Waals surface area contributed by atoms with Crippen molar-refractivity contribution in [1.82, 2.24) is 4.98 Å². The van der Waals surface area contributed by atoms with Gasteiger partial charge < -0.3 is 15.5 Å². The number of nitrogens with zero attached hydrogens (tertiary/aromatic N) is 1. The second-order valence-corrected chi connectivity index (χ2v) is 4.39. The largest absolute Gasteiger partial charge is 0.437 e. The molecule has 0 saturated carbocycles. The second kappa shape index (κ2) is 4.65. The molecule has 2 aromatic heterocycles. The number of fused-ring (bicyclic) bond motifs is 1. The average Bonchev–Trinajstić information content (AvgIpc) is 2.76. The Morgan fingerprint density at radius 1 is 1.32 bits per heavy atom. The van der Waals surface area contributed by atoms with Gasteiger partial charge in [-0.05, 0) is 30.2 Å². The number of benzene rings is 1. The summed E-state index contributed by atoms with van der Waals surface area (Å²) in [6.07, 6.45) is 4.39. The molecule has 4 nitrogen and oxygen atoms in total. The number of aromatic nitrogens is 1. The molecule has 96 valence electrons. The Hall–Kier alpha value is -2.49. The van der Waals surface area contributed by atoms with E-state index in [1.54, 1.807) is 12.4 Å². The van der Waals surface area contributed by atoms with Gasteiger partial charge in [-0.25, -0.2) is 0 Å². The summed E-state index contributed by atoms with van der Waals surface area (Å²) < 4.78 is 5.48. The minimum Gasteiger partial charge on any atom is -0.437 e. The second-order valence-electron chi connectivity index (χ2n) is 4.39. The zero-order valence-corrected chi connectivity index (χ0v) is 10.7. The molecule has 0 radical (unpaired) electrons. The number of furan rings is 1. The minimum absolute atomic E-state index is 0.380. The lowest BCUT2D eigenvalue weighted by atomic mass is 10.1. The van der Waals surface area contributed by atoms with Crippen molar-refractivity contribution in [3.63, 3.8) is 0 Å². The molecule has 0 aliphatic rings. The van der Waals surface area contributed by atoms with Crippen LogP contribution in [0.1, 0.15) is 12.5 Å². The highest BCUT2D eigenvalue weighted by atomic mass is 16.3. The Morgan fingerprint density at radius 3 is 3.05 bits per heavy atom. The molecule has 0 unspecified atom stereocenters. The van der Waals surface area contributed by atoms with Crippen LogP contribution in [-0.2, 0) is 6.42 Å². The normalized spacial score (nSPS) is 10.8. The van der Waals surface area contributed by atoms with E-state index in [0.717, 1.165) is 23.2 Å². The van der Waals surface area contributed by atoms with Gasteiger partial charge in [-0.3, -0.25) is 4.98 Å². The van der Waals surface area contributed by atoms with E-state index in [-0.39, 0.29) is 0 Å². The molecule has 0 fully saturated rings. The van der Waals surface area contributed by atoms with Crippen LogP contribution in [0.2, 0.25) is 0 Å². The first-order chi connectivity index (χ1) is 9.28. The van der Waals surface area contributed by atoms with Crippen LogP contribution in [0, 0.1) is 0 Å². The van der Waals surface area contributed by atoms with Crippen molar-refractivity contribution in [2.75, 3.05) is 11.1 Å². The first kappa shape index (κ1) is 11.6. The maximum absolute atomic E-state index is 5.91. The van der Waals surface area contributed by atoms with Crippen LogP contribution in [-0.4, -0.2) is 4.98 Å². The number of pyridine rings is 1. The third-order valence-corrected chi connectivity index (χ3v) is 3.12. The summed E-state index contributed by atoms with van der Waals surface area (Å²) in [5.41, 5.74) is 9.68. The van der Waals surface area contributed by atoms with Gasteiger partial charge in [-0.1, -0.05) is 19.1 Å². The first-order valence-electron chi connectivity index (χ1n) is 6.26. The number of nitrogens with one attached hydrogen (secondary N) is 1. The number of aryl methyl sites for hydroxylation is 1. The van der Waals surface area contributed by atoms with Crippen LogP contribution in [0.15, 0.2) is 47.1 Å². The fraction of sp³-hybridized carbons (Fsp3) is 0.133. The van der Waals surface area contributed by atoms with E-state index in [9.17, 15) is 0 Å². The predicted molar refractivity (Wildman–Crippen MR) is 77.5 cm³/mol. The molecule has 0 atom stereocenters. The first-order valence-corrected chi connectivity index (χ1v) is 6.26. The number of hydrogen-bond donors (Lipinski definition) is 2. The Balaban J connectivity index is 2.02. The van der Waals surface area contributed by atoms with E-state index in [1.807, 2.05) is 18.2 Å². The third kappa shape index (κ3) is 2.12. The molecular formula is C15H15N3O. The quantitative estimate of drug-likeness (QED) is 0.746. The topological polar surface area (TPSA) is 64.1 Å². The van der Waals surface area contributed by atoms with Crippen LogP contribution in [0.5, 0.6) is 0 Å². The van der Waals surface area contributed by atoms with E-state index in [2.05, 4.69) is 29.4 Å². The Morgan fingerprint density at radius 2 is 2.21 bits per heavy atom. The lowest BCUT2D eigenvalue weighted by Gasteiger charge is -2.06. The molecule has 3 N–H and O–H groups in total. The maximum atomic E-state index is 5.91. The summed E-state index contributed by atoms with van der Waals surface area (Å²) in [4.78, 5) is 4.02. The summed E-state index contributed by atoms with van der Waals surface area (Å²) >= 11 is 0. The van der Waals surface area contributed by atoms with E-state index in [1.165, 1.54) is 5.56 Å². The zero-order valence-electron chi connectivity index (χ0n) is 10.7. The molecule has 2 heterocycles. The van der Waals surface area contributed by atoms with Crippen molar-refractivity contribution in [3.8, 4) is 0 Å². The molecule has 0 amide bonds. The molecule has 3 aromatic rings. The van der Waals surface area contributed by atoms with Crippen molar-refractivity contribution in [2.45, 2.75) is 13.3 Å². The fourth-order valence-corrected chi connectivity index (χ4v) is 2.11. The van der Waals surface area contributed by atoms with Crippen LogP contribution in [0.4, 0.5) is 17.3 Å². The van der Waals surface area contributed by atoms with Gasteiger partial charge in [0.15, 0.2) is 5.58 Å². The Kier molecular flexibility index (Phi) is 2.83. The highest BCUT2D eigenvalue weighted by Gasteiger charge is 2.11. The van der Waals surface area contributed by atoms with Crippen LogP contribution in [0.25, 0.3) is 11.0 Å². The smallest absolute Gasteiger partial charge is 0.215 e. The summed E-state index contributed by atoms with van der Waals surface area (Å²) in [5.74, 6) is 0.380. The molecular weight excluding hydrogens is 238 g/mol. The Labute approximate surface area is 111 Å². The lowest BCUT2D eigenvalue weighted by Crippen LogP contribution is -1.94. The van der Waals surface area contributed by atoms with Crippen LogP contribution < -0.4 is 11.1 Å². The van der Waals surface area contributed by atoms with Gasteiger partial charge in [0.2, 0.25) is 5.88 Å². The van der Waals surface area contributed by atoms with E-state index in [0.29, 0.717) is 11.5 Å². The molecule has 0 bridgehead atoms. The number of hydrogen-bond acceptors (Lipinski definition) is 4. The van der Waals surface area contributed by atoms with Crippen molar-refractivity contribution in [1.29, 1.82) is 0 Å². The Bertz CT molecular complexity index is 718.